The third-order valence-corrected chi connectivity index (χ3v) is 5.65. The van der Waals surface area contributed by atoms with Crippen LogP contribution in [0, 0.1) is 11.8 Å². The van der Waals surface area contributed by atoms with E-state index in [1.807, 2.05) is 0 Å². The molecule has 2 heterocycles. The molecule has 1 aliphatic carbocycles. The van der Waals surface area contributed by atoms with E-state index in [-0.39, 0.29) is 41.2 Å². The highest BCUT2D eigenvalue weighted by Crippen LogP contribution is 2.28. The molecule has 6 N–H and O–H groups in total. The Balaban J connectivity index is 1.68. The van der Waals surface area contributed by atoms with Gasteiger partial charge in [-0.2, -0.15) is 4.39 Å². The first-order valence-corrected chi connectivity index (χ1v) is 10.4. The van der Waals surface area contributed by atoms with Gasteiger partial charge in [-0.15, -0.1) is 5.10 Å². The second-order valence-corrected chi connectivity index (χ2v) is 7.84. The molecule has 0 aliphatic heterocycles. The number of carbonyl (C=O) groups excluding carboxylic acids is 1. The van der Waals surface area contributed by atoms with Crippen LogP contribution in [0.1, 0.15) is 36.0 Å². The summed E-state index contributed by atoms with van der Waals surface area (Å²) >= 11 is 0. The number of aryl methyl sites for hydroxylation is 1. The zero-order chi connectivity index (χ0) is 22.8. The first-order valence-electron chi connectivity index (χ1n) is 10.4. The van der Waals surface area contributed by atoms with Gasteiger partial charge >= 0.3 is 0 Å². The molecule has 1 unspecified atom stereocenters. The number of anilines is 3. The fourth-order valence-electron chi connectivity index (χ4n) is 3.99. The van der Waals surface area contributed by atoms with Crippen LogP contribution in [-0.2, 0) is 6.54 Å². The second-order valence-electron chi connectivity index (χ2n) is 7.84. The Morgan fingerprint density at radius 3 is 2.69 bits per heavy atom. The Labute approximate surface area is 182 Å². The Bertz CT molecular complexity index is 1150. The van der Waals surface area contributed by atoms with Crippen LogP contribution in [-0.4, -0.2) is 39.4 Å². The number of carbonyl (C=O) groups is 1. The summed E-state index contributed by atoms with van der Waals surface area (Å²) in [7, 11) is 0. The molecule has 1 aliphatic rings. The Morgan fingerprint density at radius 1 is 1.19 bits per heavy atom. The minimum Gasteiger partial charge on any atom is -0.365 e. The number of hydrogen-bond acceptors (Lipinski definition) is 6. The molecule has 8 nitrogen and oxygen atoms in total. The number of rotatable bonds is 7. The number of aromatic nitrogens is 3. The van der Waals surface area contributed by atoms with Gasteiger partial charge in [0.1, 0.15) is 12.5 Å². The monoisotopic (exact) mass is 447 g/mol. The van der Waals surface area contributed by atoms with Crippen molar-refractivity contribution in [1.82, 2.24) is 14.8 Å². The van der Waals surface area contributed by atoms with Crippen LogP contribution in [0.2, 0.25) is 0 Å². The van der Waals surface area contributed by atoms with Crippen LogP contribution in [0.3, 0.4) is 0 Å². The summed E-state index contributed by atoms with van der Waals surface area (Å²) in [6.45, 7) is -0.821. The third-order valence-electron chi connectivity index (χ3n) is 5.65. The molecule has 1 fully saturated rings. The van der Waals surface area contributed by atoms with Gasteiger partial charge in [-0.1, -0.05) is 12.8 Å². The van der Waals surface area contributed by atoms with E-state index in [1.165, 1.54) is 10.7 Å². The summed E-state index contributed by atoms with van der Waals surface area (Å²) in [6, 6.07) is 5.30. The van der Waals surface area contributed by atoms with Gasteiger partial charge in [0.2, 0.25) is 5.95 Å². The van der Waals surface area contributed by atoms with Crippen molar-refractivity contribution in [2.75, 3.05) is 17.3 Å². The first-order chi connectivity index (χ1) is 15.4. The van der Waals surface area contributed by atoms with E-state index in [9.17, 15) is 18.0 Å². The van der Waals surface area contributed by atoms with Crippen LogP contribution in [0.4, 0.5) is 30.5 Å². The third kappa shape index (κ3) is 4.33. The molecule has 11 heteroatoms. The lowest BCUT2D eigenvalue weighted by molar-refractivity contribution is 0.100. The number of nitrogens with zero attached hydrogens (tertiary/aromatic N) is 3. The molecule has 0 spiro atoms. The quantitative estimate of drug-likeness (QED) is 0.441. The van der Waals surface area contributed by atoms with Crippen LogP contribution in [0.25, 0.3) is 10.9 Å². The molecule has 1 saturated carbocycles. The summed E-state index contributed by atoms with van der Waals surface area (Å²) in [5.74, 6) is -2.32. The van der Waals surface area contributed by atoms with Gasteiger partial charge in [0.15, 0.2) is 11.6 Å². The molecule has 1 amide bonds. The molecule has 32 heavy (non-hydrogen) atoms. The number of pyridine rings is 1. The van der Waals surface area contributed by atoms with E-state index in [2.05, 4.69) is 20.7 Å². The highest BCUT2D eigenvalue weighted by molar-refractivity contribution is 5.99. The van der Waals surface area contributed by atoms with Crippen molar-refractivity contribution < 1.29 is 18.0 Å². The summed E-state index contributed by atoms with van der Waals surface area (Å²) in [4.78, 5) is 16.2. The maximum Gasteiger partial charge on any atom is 0.252 e. The van der Waals surface area contributed by atoms with Gasteiger partial charge in [0, 0.05) is 17.8 Å². The van der Waals surface area contributed by atoms with E-state index in [4.69, 9.17) is 11.5 Å². The molecule has 0 bridgehead atoms. The highest BCUT2D eigenvalue weighted by Gasteiger charge is 2.24. The molecule has 1 aromatic carbocycles. The largest absolute Gasteiger partial charge is 0.365 e. The number of fused-ring (bicyclic) bond motifs is 1. The topological polar surface area (TPSA) is 124 Å². The van der Waals surface area contributed by atoms with Crippen LogP contribution < -0.4 is 22.1 Å². The Morgan fingerprint density at radius 2 is 1.97 bits per heavy atom. The van der Waals surface area contributed by atoms with E-state index >= 15 is 0 Å². The smallest absolute Gasteiger partial charge is 0.252 e. The van der Waals surface area contributed by atoms with E-state index < -0.39 is 24.3 Å². The fourth-order valence-corrected chi connectivity index (χ4v) is 3.99. The molecular weight excluding hydrogens is 423 g/mol. The highest BCUT2D eigenvalue weighted by atomic mass is 19.1. The number of halogens is 3. The minimum atomic E-state index is -0.866. The van der Waals surface area contributed by atoms with Gasteiger partial charge in [0.25, 0.3) is 5.91 Å². The molecule has 3 aromatic rings. The molecular formula is C21H24F3N7O. The average Bonchev–Trinajstić information content (AvgIpc) is 3.06. The van der Waals surface area contributed by atoms with Gasteiger partial charge in [0.05, 0.1) is 23.0 Å². The zero-order valence-electron chi connectivity index (χ0n) is 17.2. The maximum absolute atomic E-state index is 14.7. The Kier molecular flexibility index (Phi) is 6.17. The van der Waals surface area contributed by atoms with Crippen LogP contribution >= 0.6 is 0 Å². The van der Waals surface area contributed by atoms with Gasteiger partial charge in [-0.3, -0.25) is 9.48 Å². The number of nitrogens with two attached hydrogens (primary N) is 2. The van der Waals surface area contributed by atoms with Crippen molar-refractivity contribution in [1.29, 1.82) is 0 Å². The average molecular weight is 447 g/mol. The maximum atomic E-state index is 14.7. The summed E-state index contributed by atoms with van der Waals surface area (Å²) in [5, 5.41) is 9.89. The van der Waals surface area contributed by atoms with Crippen molar-refractivity contribution in [3.05, 3.63) is 41.6 Å². The molecule has 2 aromatic heterocycles. The van der Waals surface area contributed by atoms with E-state index in [0.29, 0.717) is 11.2 Å². The van der Waals surface area contributed by atoms with Crippen molar-refractivity contribution >= 4 is 34.1 Å². The standard InChI is InChI=1S/C21H24F3N7O/c22-7-8-31-17-9-11(5-6-12(17)18(24)30-31)27-20-13(19(26)32)10-14(23)21(29-20)28-16-4-2-1-3-15(16)25/h5-6,9-10,15-16H,1-4,7-8,25H2,(H2,26,32)(H2,27,28,29)/t15-,16?/m0/s1. The molecule has 170 valence electrons. The SMILES string of the molecule is NC(=O)c1cc(F)c(NC2CCCC[C@@H]2N)nc1Nc1ccc2c(F)nn(CCF)c2c1. The summed E-state index contributed by atoms with van der Waals surface area (Å²) < 4.78 is 42.7. The second kappa shape index (κ2) is 9.03. The van der Waals surface area contributed by atoms with Crippen molar-refractivity contribution in [3.63, 3.8) is 0 Å². The lowest BCUT2D eigenvalue weighted by Crippen LogP contribution is -2.43. The number of alkyl halides is 1. The lowest BCUT2D eigenvalue weighted by Gasteiger charge is -2.30. The Hall–Kier alpha value is -3.34. The predicted octanol–water partition coefficient (Wildman–Crippen LogP) is 3.20. The molecule has 4 rings (SSSR count). The van der Waals surface area contributed by atoms with Crippen molar-refractivity contribution in [2.45, 2.75) is 44.3 Å². The number of primary amides is 1. The van der Waals surface area contributed by atoms with E-state index in [1.54, 1.807) is 12.1 Å². The number of benzene rings is 1. The minimum absolute atomic E-state index is 0.0298. The van der Waals surface area contributed by atoms with Crippen molar-refractivity contribution in [3.8, 4) is 0 Å². The lowest BCUT2D eigenvalue weighted by atomic mass is 9.91. The number of nitrogens with one attached hydrogen (secondary N) is 2. The predicted molar refractivity (Wildman–Crippen MR) is 116 cm³/mol. The van der Waals surface area contributed by atoms with Crippen LogP contribution in [0.15, 0.2) is 24.3 Å². The fraction of sp³-hybridized carbons (Fsp3) is 0.381. The van der Waals surface area contributed by atoms with Crippen LogP contribution in [0.5, 0.6) is 0 Å². The molecule has 2 atom stereocenters. The number of amides is 1. The summed E-state index contributed by atoms with van der Waals surface area (Å²) in [6.07, 6.45) is 3.60. The molecule has 0 saturated heterocycles. The van der Waals surface area contributed by atoms with Gasteiger partial charge in [-0.25, -0.2) is 13.8 Å². The zero-order valence-corrected chi connectivity index (χ0v) is 17.2. The van der Waals surface area contributed by atoms with E-state index in [0.717, 1.165) is 31.7 Å². The summed E-state index contributed by atoms with van der Waals surface area (Å²) in [5.41, 5.74) is 12.2. The number of hydrogen-bond donors (Lipinski definition) is 4. The normalized spacial score (nSPS) is 18.6. The first kappa shape index (κ1) is 21.9. The van der Waals surface area contributed by atoms with Gasteiger partial charge < -0.3 is 22.1 Å². The van der Waals surface area contributed by atoms with Crippen molar-refractivity contribution in [2.24, 2.45) is 11.5 Å². The van der Waals surface area contributed by atoms with Gasteiger partial charge in [-0.05, 0) is 37.1 Å². The molecule has 0 radical (unpaired) electrons.